The second kappa shape index (κ2) is 8.27. The summed E-state index contributed by atoms with van der Waals surface area (Å²) >= 11 is 0. The van der Waals surface area contributed by atoms with Crippen molar-refractivity contribution in [1.29, 1.82) is 0 Å². The van der Waals surface area contributed by atoms with Crippen LogP contribution in [-0.2, 0) is 11.2 Å². The Kier molecular flexibility index (Phi) is 5.61. The van der Waals surface area contributed by atoms with Crippen LogP contribution in [0.5, 0.6) is 0 Å². The van der Waals surface area contributed by atoms with E-state index < -0.39 is 0 Å². The summed E-state index contributed by atoms with van der Waals surface area (Å²) in [6.45, 7) is 5.66. The fourth-order valence-corrected chi connectivity index (χ4v) is 2.72. The molecule has 3 aromatic rings. The molecule has 27 heavy (non-hydrogen) atoms. The highest BCUT2D eigenvalue weighted by Gasteiger charge is 2.07. The van der Waals surface area contributed by atoms with Gasteiger partial charge in [0.1, 0.15) is 0 Å². The molecule has 1 heterocycles. The Bertz CT molecular complexity index is 939. The molecule has 1 amide bonds. The molecule has 0 bridgehead atoms. The molecule has 0 aliphatic carbocycles. The maximum absolute atomic E-state index is 11.1. The van der Waals surface area contributed by atoms with E-state index in [0.717, 1.165) is 29.0 Å². The predicted molar refractivity (Wildman–Crippen MR) is 108 cm³/mol. The Balaban J connectivity index is 1.75. The van der Waals surface area contributed by atoms with Crippen LogP contribution in [0.15, 0.2) is 48.7 Å². The van der Waals surface area contributed by atoms with Gasteiger partial charge in [0, 0.05) is 24.0 Å². The standard InChI is InChI=1S/C20H22N6O/c1-4-15-7-5-6-13(2)19(15)24-18-12-21-26-20(25-18)23-17-10-8-16(9-11-17)22-14(3)27/h5-12H,4H2,1-3H3,(H,22,27)(H2,23,24,25,26). The zero-order valence-corrected chi connectivity index (χ0v) is 15.6. The first-order valence-electron chi connectivity index (χ1n) is 8.75. The molecule has 3 N–H and O–H groups in total. The topological polar surface area (TPSA) is 91.8 Å². The lowest BCUT2D eigenvalue weighted by Crippen LogP contribution is -2.06. The van der Waals surface area contributed by atoms with Crippen LogP contribution in [0, 0.1) is 6.92 Å². The number of nitrogens with one attached hydrogen (secondary N) is 3. The molecule has 0 aliphatic heterocycles. The molecule has 7 nitrogen and oxygen atoms in total. The van der Waals surface area contributed by atoms with Gasteiger partial charge in [-0.25, -0.2) is 0 Å². The smallest absolute Gasteiger partial charge is 0.249 e. The second-order valence-electron chi connectivity index (χ2n) is 6.14. The molecule has 2 aromatic carbocycles. The van der Waals surface area contributed by atoms with E-state index >= 15 is 0 Å². The van der Waals surface area contributed by atoms with E-state index in [-0.39, 0.29) is 5.91 Å². The number of para-hydroxylation sites is 1. The Morgan fingerprint density at radius 3 is 2.48 bits per heavy atom. The lowest BCUT2D eigenvalue weighted by atomic mass is 10.1. The highest BCUT2D eigenvalue weighted by molar-refractivity contribution is 5.88. The van der Waals surface area contributed by atoms with E-state index in [1.807, 2.05) is 12.1 Å². The van der Waals surface area contributed by atoms with Gasteiger partial charge in [-0.1, -0.05) is 25.1 Å². The number of aryl methyl sites for hydroxylation is 2. The number of amides is 1. The third kappa shape index (κ3) is 4.78. The average Bonchev–Trinajstić information content (AvgIpc) is 2.65. The molecule has 1 aromatic heterocycles. The highest BCUT2D eigenvalue weighted by atomic mass is 16.1. The fraction of sp³-hybridized carbons (Fsp3) is 0.200. The summed E-state index contributed by atoms with van der Waals surface area (Å²) in [7, 11) is 0. The van der Waals surface area contributed by atoms with E-state index in [9.17, 15) is 4.79 Å². The van der Waals surface area contributed by atoms with Crippen LogP contribution in [0.2, 0.25) is 0 Å². The molecule has 0 saturated carbocycles. The molecule has 7 heteroatoms. The van der Waals surface area contributed by atoms with Crippen LogP contribution in [0.1, 0.15) is 25.0 Å². The average molecular weight is 362 g/mol. The maximum atomic E-state index is 11.1. The minimum Gasteiger partial charge on any atom is -0.338 e. The third-order valence-electron chi connectivity index (χ3n) is 4.01. The lowest BCUT2D eigenvalue weighted by molar-refractivity contribution is -0.114. The highest BCUT2D eigenvalue weighted by Crippen LogP contribution is 2.25. The third-order valence-corrected chi connectivity index (χ3v) is 4.01. The van der Waals surface area contributed by atoms with Crippen molar-refractivity contribution in [2.75, 3.05) is 16.0 Å². The summed E-state index contributed by atoms with van der Waals surface area (Å²) in [5, 5.41) is 17.2. The van der Waals surface area contributed by atoms with Gasteiger partial charge < -0.3 is 16.0 Å². The van der Waals surface area contributed by atoms with Crippen molar-refractivity contribution < 1.29 is 4.79 Å². The van der Waals surface area contributed by atoms with Crippen molar-refractivity contribution in [3.8, 4) is 0 Å². The molecule has 3 rings (SSSR count). The first-order chi connectivity index (χ1) is 13.0. The van der Waals surface area contributed by atoms with Crippen LogP contribution in [0.4, 0.5) is 28.8 Å². The number of nitrogens with zero attached hydrogens (tertiary/aromatic N) is 3. The fourth-order valence-electron chi connectivity index (χ4n) is 2.72. The normalized spacial score (nSPS) is 10.3. The molecular formula is C20H22N6O. The molecule has 0 aliphatic rings. The van der Waals surface area contributed by atoms with E-state index in [4.69, 9.17) is 0 Å². The van der Waals surface area contributed by atoms with Gasteiger partial charge in [0.15, 0.2) is 5.82 Å². The van der Waals surface area contributed by atoms with Crippen molar-refractivity contribution >= 4 is 34.7 Å². The Hall–Kier alpha value is -3.48. The van der Waals surface area contributed by atoms with Gasteiger partial charge >= 0.3 is 0 Å². The summed E-state index contributed by atoms with van der Waals surface area (Å²) in [6.07, 6.45) is 2.52. The SMILES string of the molecule is CCc1cccc(C)c1Nc1cnnc(Nc2ccc(NC(C)=O)cc2)n1. The summed E-state index contributed by atoms with van der Waals surface area (Å²) in [5.41, 5.74) is 4.95. The lowest BCUT2D eigenvalue weighted by Gasteiger charge is -2.13. The van der Waals surface area contributed by atoms with Crippen molar-refractivity contribution in [3.05, 3.63) is 59.8 Å². The van der Waals surface area contributed by atoms with Crippen LogP contribution in [0.3, 0.4) is 0 Å². The van der Waals surface area contributed by atoms with E-state index in [0.29, 0.717) is 11.8 Å². The Morgan fingerprint density at radius 1 is 1.04 bits per heavy atom. The van der Waals surface area contributed by atoms with E-state index in [1.54, 1.807) is 18.3 Å². The molecule has 0 spiro atoms. The van der Waals surface area contributed by atoms with Gasteiger partial charge in [-0.05, 0) is 48.7 Å². The van der Waals surface area contributed by atoms with Gasteiger partial charge in [0.25, 0.3) is 0 Å². The number of aromatic nitrogens is 3. The van der Waals surface area contributed by atoms with Gasteiger partial charge in [-0.15, -0.1) is 5.10 Å². The monoisotopic (exact) mass is 362 g/mol. The first kappa shape index (κ1) is 18.3. The van der Waals surface area contributed by atoms with Crippen LogP contribution >= 0.6 is 0 Å². The van der Waals surface area contributed by atoms with Gasteiger partial charge in [-0.2, -0.15) is 10.1 Å². The van der Waals surface area contributed by atoms with Gasteiger partial charge in [0.2, 0.25) is 11.9 Å². The van der Waals surface area contributed by atoms with Crippen molar-refractivity contribution in [3.63, 3.8) is 0 Å². The largest absolute Gasteiger partial charge is 0.338 e. The number of rotatable bonds is 6. The molecule has 0 radical (unpaired) electrons. The van der Waals surface area contributed by atoms with Gasteiger partial charge in [-0.3, -0.25) is 4.79 Å². The summed E-state index contributed by atoms with van der Waals surface area (Å²) in [4.78, 5) is 15.6. The van der Waals surface area contributed by atoms with Crippen molar-refractivity contribution in [2.45, 2.75) is 27.2 Å². The number of hydrogen-bond acceptors (Lipinski definition) is 6. The molecule has 0 fully saturated rings. The molecule has 138 valence electrons. The molecule has 0 saturated heterocycles. The van der Waals surface area contributed by atoms with E-state index in [2.05, 4.69) is 63.2 Å². The van der Waals surface area contributed by atoms with Crippen LogP contribution in [-0.4, -0.2) is 21.1 Å². The summed E-state index contributed by atoms with van der Waals surface area (Å²) in [5.74, 6) is 0.898. The number of carbonyl (C=O) groups is 1. The number of benzene rings is 2. The Morgan fingerprint density at radius 2 is 1.78 bits per heavy atom. The minimum atomic E-state index is -0.107. The summed E-state index contributed by atoms with van der Waals surface area (Å²) < 4.78 is 0. The van der Waals surface area contributed by atoms with Crippen molar-refractivity contribution in [1.82, 2.24) is 15.2 Å². The van der Waals surface area contributed by atoms with Crippen LogP contribution < -0.4 is 16.0 Å². The molecule has 0 unspecified atom stereocenters. The minimum absolute atomic E-state index is 0.107. The first-order valence-corrected chi connectivity index (χ1v) is 8.75. The summed E-state index contributed by atoms with van der Waals surface area (Å²) in [6, 6.07) is 13.5. The molecular weight excluding hydrogens is 340 g/mol. The number of hydrogen-bond donors (Lipinski definition) is 3. The van der Waals surface area contributed by atoms with E-state index in [1.165, 1.54) is 12.5 Å². The Labute approximate surface area is 158 Å². The number of carbonyl (C=O) groups excluding carboxylic acids is 1. The second-order valence-corrected chi connectivity index (χ2v) is 6.14. The quantitative estimate of drug-likeness (QED) is 0.609. The zero-order chi connectivity index (χ0) is 19.2. The van der Waals surface area contributed by atoms with Crippen molar-refractivity contribution in [2.24, 2.45) is 0 Å². The predicted octanol–water partition coefficient (Wildman–Crippen LogP) is 4.19. The zero-order valence-electron chi connectivity index (χ0n) is 15.6. The molecule has 0 atom stereocenters. The van der Waals surface area contributed by atoms with Gasteiger partial charge in [0.05, 0.1) is 6.20 Å². The number of anilines is 5. The van der Waals surface area contributed by atoms with Crippen LogP contribution in [0.25, 0.3) is 0 Å². The maximum Gasteiger partial charge on any atom is 0.249 e.